The van der Waals surface area contributed by atoms with E-state index in [1.54, 1.807) is 37.5 Å². The molecule has 1 N–H and O–H groups in total. The molecule has 3 rings (SSSR count). The number of thioether (sulfide) groups is 1. The van der Waals surface area contributed by atoms with E-state index in [1.165, 1.54) is 0 Å². The number of ether oxygens (including phenoxy) is 1. The summed E-state index contributed by atoms with van der Waals surface area (Å²) < 4.78 is 7.71. The predicted molar refractivity (Wildman–Crippen MR) is 129 cm³/mol. The molecule has 0 aromatic heterocycles. The molecule has 1 fully saturated rings. The number of anilines is 1. The Morgan fingerprint density at radius 3 is 2.41 bits per heavy atom. The molecule has 1 heterocycles. The minimum Gasteiger partial charge on any atom is -0.494 e. The van der Waals surface area contributed by atoms with E-state index in [1.807, 2.05) is 12.1 Å². The molecule has 1 saturated heterocycles. The van der Waals surface area contributed by atoms with Crippen LogP contribution in [0.2, 0.25) is 0 Å². The topological polar surface area (TPSA) is 75.7 Å². The number of halogens is 3. The van der Waals surface area contributed by atoms with Gasteiger partial charge in [-0.05, 0) is 114 Å². The molecule has 1 aliphatic rings. The maximum atomic E-state index is 12.6. The second-order valence-electron chi connectivity index (χ2n) is 5.84. The number of carbonyl (C=O) groups is 3. The lowest BCUT2D eigenvalue weighted by Gasteiger charge is -2.12. The molecule has 2 aromatic carbocycles. The summed E-state index contributed by atoms with van der Waals surface area (Å²) in [5.74, 6) is -0.312. The van der Waals surface area contributed by atoms with Crippen molar-refractivity contribution in [2.24, 2.45) is 0 Å². The Morgan fingerprint density at radius 2 is 1.83 bits per heavy atom. The lowest BCUT2D eigenvalue weighted by atomic mass is 10.2. The second kappa shape index (κ2) is 9.63. The summed E-state index contributed by atoms with van der Waals surface area (Å²) >= 11 is 9.78. The number of nitrogens with zero attached hydrogens (tertiary/aromatic N) is 1. The summed E-state index contributed by atoms with van der Waals surface area (Å²) in [4.78, 5) is 38.3. The van der Waals surface area contributed by atoms with Crippen LogP contribution in [0.4, 0.5) is 10.5 Å². The predicted octanol–water partition coefficient (Wildman–Crippen LogP) is 5.50. The van der Waals surface area contributed by atoms with Crippen molar-refractivity contribution in [2.45, 2.75) is 0 Å². The number of rotatable bonds is 5. The fraction of sp³-hybridized carbons (Fsp3) is 0.105. The molecule has 0 unspecified atom stereocenters. The molecule has 0 atom stereocenters. The molecule has 0 aliphatic carbocycles. The fourth-order valence-electron chi connectivity index (χ4n) is 2.52. The highest BCUT2D eigenvalue weighted by Crippen LogP contribution is 2.37. The number of hydrogen-bond donors (Lipinski definition) is 1. The van der Waals surface area contributed by atoms with Gasteiger partial charge in [-0.15, -0.1) is 0 Å². The van der Waals surface area contributed by atoms with Gasteiger partial charge in [-0.3, -0.25) is 19.3 Å². The standard InChI is InChI=1S/C19H13Br2IN2O4S/c1-28-17-13(20)6-10(7-14(17)21)8-15-18(26)24(19(27)29-15)9-16(25)23-12-4-2-11(22)3-5-12/h2-8H,9H2,1H3,(H,23,25)/b15-8-. The first-order chi connectivity index (χ1) is 13.8. The number of amides is 3. The molecule has 0 bridgehead atoms. The summed E-state index contributed by atoms with van der Waals surface area (Å²) in [7, 11) is 1.55. The smallest absolute Gasteiger partial charge is 0.294 e. The van der Waals surface area contributed by atoms with Crippen molar-refractivity contribution in [2.75, 3.05) is 19.0 Å². The van der Waals surface area contributed by atoms with Gasteiger partial charge in [0.1, 0.15) is 12.3 Å². The van der Waals surface area contributed by atoms with Gasteiger partial charge in [0.15, 0.2) is 0 Å². The van der Waals surface area contributed by atoms with Crippen molar-refractivity contribution in [1.29, 1.82) is 0 Å². The van der Waals surface area contributed by atoms with Crippen molar-refractivity contribution in [1.82, 2.24) is 4.90 Å². The van der Waals surface area contributed by atoms with Gasteiger partial charge in [0, 0.05) is 9.26 Å². The van der Waals surface area contributed by atoms with Gasteiger partial charge in [0.2, 0.25) is 5.91 Å². The summed E-state index contributed by atoms with van der Waals surface area (Å²) in [6.45, 7) is -0.343. The van der Waals surface area contributed by atoms with Crippen LogP contribution >= 0.6 is 66.2 Å². The number of nitrogens with one attached hydrogen (secondary N) is 1. The zero-order chi connectivity index (χ0) is 21.1. The largest absolute Gasteiger partial charge is 0.494 e. The Balaban J connectivity index is 1.73. The highest BCUT2D eigenvalue weighted by Gasteiger charge is 2.36. The molecule has 1 aliphatic heterocycles. The first-order valence-electron chi connectivity index (χ1n) is 8.12. The maximum Gasteiger partial charge on any atom is 0.294 e. The summed E-state index contributed by atoms with van der Waals surface area (Å²) in [5, 5.41) is 2.20. The molecule has 0 radical (unpaired) electrons. The van der Waals surface area contributed by atoms with Crippen LogP contribution < -0.4 is 10.1 Å². The van der Waals surface area contributed by atoms with Crippen LogP contribution in [0.3, 0.4) is 0 Å². The Labute approximate surface area is 201 Å². The number of methoxy groups -OCH3 is 1. The van der Waals surface area contributed by atoms with Crippen molar-refractivity contribution in [3.63, 3.8) is 0 Å². The molecular formula is C19H13Br2IN2O4S. The zero-order valence-corrected chi connectivity index (χ0v) is 21.0. The fourth-order valence-corrected chi connectivity index (χ4v) is 5.27. The zero-order valence-electron chi connectivity index (χ0n) is 14.9. The molecule has 6 nitrogen and oxygen atoms in total. The molecule has 29 heavy (non-hydrogen) atoms. The average molecular weight is 652 g/mol. The lowest BCUT2D eigenvalue weighted by Crippen LogP contribution is -2.36. The van der Waals surface area contributed by atoms with E-state index in [0.717, 1.165) is 20.2 Å². The molecule has 3 amide bonds. The van der Waals surface area contributed by atoms with E-state index in [-0.39, 0.29) is 11.4 Å². The highest BCUT2D eigenvalue weighted by atomic mass is 127. The van der Waals surface area contributed by atoms with E-state index >= 15 is 0 Å². The first-order valence-corrected chi connectivity index (χ1v) is 11.6. The van der Waals surface area contributed by atoms with Crippen molar-refractivity contribution in [3.05, 3.63) is 59.4 Å². The average Bonchev–Trinajstić information content (AvgIpc) is 2.91. The monoisotopic (exact) mass is 650 g/mol. The van der Waals surface area contributed by atoms with E-state index in [9.17, 15) is 14.4 Å². The van der Waals surface area contributed by atoms with Gasteiger partial charge in [-0.2, -0.15) is 0 Å². The highest BCUT2D eigenvalue weighted by molar-refractivity contribution is 14.1. The van der Waals surface area contributed by atoms with Crippen molar-refractivity contribution < 1.29 is 19.1 Å². The number of imide groups is 1. The van der Waals surface area contributed by atoms with Crippen LogP contribution in [0.5, 0.6) is 5.75 Å². The summed E-state index contributed by atoms with van der Waals surface area (Å²) in [6, 6.07) is 10.8. The van der Waals surface area contributed by atoms with E-state index in [0.29, 0.717) is 25.9 Å². The quantitative estimate of drug-likeness (QED) is 0.342. The van der Waals surface area contributed by atoms with Crippen LogP contribution in [0.1, 0.15) is 5.56 Å². The Kier molecular flexibility index (Phi) is 7.41. The van der Waals surface area contributed by atoms with Crippen LogP contribution in [0.25, 0.3) is 6.08 Å². The third-order valence-corrected chi connectivity index (χ3v) is 6.63. The van der Waals surface area contributed by atoms with Gasteiger partial charge < -0.3 is 10.1 Å². The van der Waals surface area contributed by atoms with E-state index in [4.69, 9.17) is 4.74 Å². The lowest BCUT2D eigenvalue weighted by molar-refractivity contribution is -0.127. The Hall–Kier alpha value is -1.37. The van der Waals surface area contributed by atoms with Gasteiger partial charge in [0.25, 0.3) is 11.1 Å². The number of carbonyl (C=O) groups excluding carboxylic acids is 3. The first kappa shape index (κ1) is 22.3. The molecule has 2 aromatic rings. The number of hydrogen-bond acceptors (Lipinski definition) is 5. The molecular weight excluding hydrogens is 639 g/mol. The SMILES string of the molecule is COc1c(Br)cc(/C=C2\SC(=O)N(CC(=O)Nc3ccc(I)cc3)C2=O)cc1Br. The van der Waals surface area contributed by atoms with Gasteiger partial charge >= 0.3 is 0 Å². The van der Waals surface area contributed by atoms with Crippen LogP contribution in [-0.4, -0.2) is 35.6 Å². The molecule has 0 spiro atoms. The normalized spacial score (nSPS) is 15.2. The Morgan fingerprint density at radius 1 is 1.21 bits per heavy atom. The number of benzene rings is 2. The van der Waals surface area contributed by atoms with Crippen LogP contribution in [-0.2, 0) is 9.59 Å². The molecule has 10 heteroatoms. The van der Waals surface area contributed by atoms with E-state index < -0.39 is 17.1 Å². The van der Waals surface area contributed by atoms with Crippen molar-refractivity contribution in [3.8, 4) is 5.75 Å². The van der Waals surface area contributed by atoms with Gasteiger partial charge in [-0.25, -0.2) is 0 Å². The maximum absolute atomic E-state index is 12.6. The third kappa shape index (κ3) is 5.41. The molecule has 150 valence electrons. The van der Waals surface area contributed by atoms with Crippen LogP contribution in [0, 0.1) is 3.57 Å². The van der Waals surface area contributed by atoms with E-state index in [2.05, 4.69) is 59.8 Å². The minimum atomic E-state index is -0.499. The van der Waals surface area contributed by atoms with Crippen molar-refractivity contribution >= 4 is 95.0 Å². The third-order valence-electron chi connectivity index (χ3n) is 3.83. The van der Waals surface area contributed by atoms with Gasteiger partial charge in [0.05, 0.1) is 21.0 Å². The Bertz CT molecular complexity index is 1000. The van der Waals surface area contributed by atoms with Crippen LogP contribution in [0.15, 0.2) is 50.2 Å². The summed E-state index contributed by atoms with van der Waals surface area (Å²) in [6.07, 6.45) is 1.61. The summed E-state index contributed by atoms with van der Waals surface area (Å²) in [5.41, 5.74) is 1.31. The van der Waals surface area contributed by atoms with Gasteiger partial charge in [-0.1, -0.05) is 0 Å². The minimum absolute atomic E-state index is 0.251. The molecule has 0 saturated carbocycles. The second-order valence-corrected chi connectivity index (χ2v) is 9.79.